The molecule has 20 heavy (non-hydrogen) atoms. The summed E-state index contributed by atoms with van der Waals surface area (Å²) in [6.45, 7) is 8.27. The molecule has 0 fully saturated rings. The van der Waals surface area contributed by atoms with E-state index in [0.29, 0.717) is 0 Å². The van der Waals surface area contributed by atoms with E-state index < -0.39 is 0 Å². The van der Waals surface area contributed by atoms with Crippen molar-refractivity contribution in [2.75, 3.05) is 18.4 Å². The highest BCUT2D eigenvalue weighted by Gasteiger charge is 2.08. The van der Waals surface area contributed by atoms with E-state index in [2.05, 4.69) is 53.0 Å². The van der Waals surface area contributed by atoms with Crippen LogP contribution in [0.25, 0.3) is 11.4 Å². The van der Waals surface area contributed by atoms with Gasteiger partial charge in [-0.25, -0.2) is 4.68 Å². The molecule has 1 heterocycles. The van der Waals surface area contributed by atoms with Crippen molar-refractivity contribution in [3.63, 3.8) is 0 Å². The van der Waals surface area contributed by atoms with Gasteiger partial charge in [-0.05, 0) is 43.3 Å². The molecule has 2 rings (SSSR count). The van der Waals surface area contributed by atoms with Crippen molar-refractivity contribution in [2.24, 2.45) is 7.05 Å². The highest BCUT2D eigenvalue weighted by atomic mass is 15.5. The number of hydrogen-bond acceptors (Lipinski definition) is 5. The summed E-state index contributed by atoms with van der Waals surface area (Å²) < 4.78 is 1.67. The van der Waals surface area contributed by atoms with E-state index >= 15 is 0 Å². The summed E-state index contributed by atoms with van der Waals surface area (Å²) in [5, 5.41) is 18.4. The number of hydrogen-bond donors (Lipinski definition) is 2. The molecule has 0 aliphatic heterocycles. The molecule has 6 nitrogen and oxygen atoms in total. The van der Waals surface area contributed by atoms with Crippen LogP contribution in [-0.2, 0) is 7.05 Å². The maximum atomic E-state index is 4.02. The van der Waals surface area contributed by atoms with Gasteiger partial charge >= 0.3 is 0 Å². The molecule has 0 aliphatic carbocycles. The molecular formula is C14H22N6. The van der Waals surface area contributed by atoms with E-state index in [1.54, 1.807) is 4.68 Å². The predicted octanol–water partition coefficient (Wildman–Crippen LogP) is 1.68. The quantitative estimate of drug-likeness (QED) is 0.812. The van der Waals surface area contributed by atoms with Crippen LogP contribution in [0.1, 0.15) is 20.8 Å². The molecule has 108 valence electrons. The van der Waals surface area contributed by atoms with Crippen LogP contribution in [0.5, 0.6) is 0 Å². The van der Waals surface area contributed by atoms with Crippen molar-refractivity contribution >= 4 is 5.69 Å². The average Bonchev–Trinajstić information content (AvgIpc) is 2.80. The monoisotopic (exact) mass is 274 g/mol. The predicted molar refractivity (Wildman–Crippen MR) is 80.5 cm³/mol. The van der Waals surface area contributed by atoms with Crippen molar-refractivity contribution in [1.29, 1.82) is 0 Å². The number of aromatic nitrogens is 4. The lowest BCUT2D eigenvalue weighted by Crippen LogP contribution is -2.38. The zero-order valence-corrected chi connectivity index (χ0v) is 12.5. The molecule has 1 aromatic heterocycles. The summed E-state index contributed by atoms with van der Waals surface area (Å²) in [6.07, 6.45) is 0. The van der Waals surface area contributed by atoms with Gasteiger partial charge in [0.25, 0.3) is 0 Å². The fourth-order valence-electron chi connectivity index (χ4n) is 1.89. The van der Waals surface area contributed by atoms with Crippen molar-refractivity contribution in [2.45, 2.75) is 26.3 Å². The third kappa shape index (κ3) is 4.03. The second-order valence-corrected chi connectivity index (χ2v) is 5.81. The number of tetrazole rings is 1. The minimum atomic E-state index is 0.147. The topological polar surface area (TPSA) is 67.7 Å². The lowest BCUT2D eigenvalue weighted by molar-refractivity contribution is 0.435. The summed E-state index contributed by atoms with van der Waals surface area (Å²) in [6, 6.07) is 8.11. The van der Waals surface area contributed by atoms with E-state index in [4.69, 9.17) is 0 Å². The van der Waals surface area contributed by atoms with Crippen LogP contribution in [0, 0.1) is 0 Å². The molecule has 2 aromatic rings. The Bertz CT molecular complexity index is 555. The van der Waals surface area contributed by atoms with Gasteiger partial charge in [0.05, 0.1) is 0 Å². The molecule has 0 atom stereocenters. The van der Waals surface area contributed by atoms with E-state index in [-0.39, 0.29) is 5.54 Å². The summed E-state index contributed by atoms with van der Waals surface area (Å²) in [5.74, 6) is 0.765. The van der Waals surface area contributed by atoms with Gasteiger partial charge in [0.15, 0.2) is 5.82 Å². The van der Waals surface area contributed by atoms with E-state index in [0.717, 1.165) is 30.2 Å². The molecule has 0 spiro atoms. The summed E-state index contributed by atoms with van der Waals surface area (Å²) >= 11 is 0. The maximum absolute atomic E-state index is 4.02. The zero-order valence-electron chi connectivity index (χ0n) is 12.5. The van der Waals surface area contributed by atoms with Gasteiger partial charge in [0.1, 0.15) is 0 Å². The highest BCUT2D eigenvalue weighted by molar-refractivity contribution is 5.62. The first kappa shape index (κ1) is 14.5. The normalized spacial score (nSPS) is 11.6. The number of benzene rings is 1. The van der Waals surface area contributed by atoms with Crippen LogP contribution in [0.4, 0.5) is 5.69 Å². The number of aryl methyl sites for hydroxylation is 1. The molecular weight excluding hydrogens is 252 g/mol. The van der Waals surface area contributed by atoms with Gasteiger partial charge in [-0.3, -0.25) is 0 Å². The third-order valence-electron chi connectivity index (χ3n) is 2.85. The Balaban J connectivity index is 1.95. The van der Waals surface area contributed by atoms with Crippen LogP contribution >= 0.6 is 0 Å². The Kier molecular flexibility index (Phi) is 4.34. The van der Waals surface area contributed by atoms with E-state index in [9.17, 15) is 0 Å². The van der Waals surface area contributed by atoms with Gasteiger partial charge in [-0.15, -0.1) is 5.10 Å². The first-order chi connectivity index (χ1) is 9.46. The van der Waals surface area contributed by atoms with Crippen LogP contribution < -0.4 is 10.6 Å². The van der Waals surface area contributed by atoms with Gasteiger partial charge in [0.2, 0.25) is 0 Å². The van der Waals surface area contributed by atoms with E-state index in [1.165, 1.54) is 0 Å². The first-order valence-electron chi connectivity index (χ1n) is 6.77. The van der Waals surface area contributed by atoms with Crippen LogP contribution in [0.15, 0.2) is 24.3 Å². The zero-order chi connectivity index (χ0) is 14.6. The summed E-state index contributed by atoms with van der Waals surface area (Å²) in [7, 11) is 1.84. The Morgan fingerprint density at radius 3 is 2.65 bits per heavy atom. The standard InChI is InChI=1S/C14H22N6/c1-14(2,3)16-9-8-15-12-7-5-6-11(10-12)13-17-18-19-20(13)4/h5-7,10,15-16H,8-9H2,1-4H3. The molecule has 0 saturated carbocycles. The largest absolute Gasteiger partial charge is 0.384 e. The lowest BCUT2D eigenvalue weighted by Gasteiger charge is -2.20. The second kappa shape index (κ2) is 6.00. The van der Waals surface area contributed by atoms with Crippen LogP contribution in [0.3, 0.4) is 0 Å². The molecule has 0 amide bonds. The fourth-order valence-corrected chi connectivity index (χ4v) is 1.89. The van der Waals surface area contributed by atoms with Gasteiger partial charge < -0.3 is 10.6 Å². The minimum absolute atomic E-state index is 0.147. The molecule has 0 radical (unpaired) electrons. The van der Waals surface area contributed by atoms with Gasteiger partial charge in [-0.1, -0.05) is 12.1 Å². The Morgan fingerprint density at radius 2 is 2.00 bits per heavy atom. The third-order valence-corrected chi connectivity index (χ3v) is 2.85. The minimum Gasteiger partial charge on any atom is -0.384 e. The fraction of sp³-hybridized carbons (Fsp3) is 0.500. The number of nitrogens with zero attached hydrogens (tertiary/aromatic N) is 4. The smallest absolute Gasteiger partial charge is 0.181 e. The Morgan fingerprint density at radius 1 is 1.20 bits per heavy atom. The van der Waals surface area contributed by atoms with Crippen molar-refractivity contribution in [1.82, 2.24) is 25.5 Å². The van der Waals surface area contributed by atoms with Crippen molar-refractivity contribution in [3.8, 4) is 11.4 Å². The summed E-state index contributed by atoms with van der Waals surface area (Å²) in [5.41, 5.74) is 2.22. The molecule has 0 aliphatic rings. The molecule has 0 unspecified atom stereocenters. The Hall–Kier alpha value is -1.95. The van der Waals surface area contributed by atoms with E-state index in [1.807, 2.05) is 25.2 Å². The highest BCUT2D eigenvalue weighted by Crippen LogP contribution is 2.19. The van der Waals surface area contributed by atoms with Gasteiger partial charge in [-0.2, -0.15) is 0 Å². The number of anilines is 1. The van der Waals surface area contributed by atoms with Crippen LogP contribution in [-0.4, -0.2) is 38.8 Å². The molecule has 6 heteroatoms. The second-order valence-electron chi connectivity index (χ2n) is 5.81. The van der Waals surface area contributed by atoms with Gasteiger partial charge in [0, 0.05) is 36.9 Å². The van der Waals surface area contributed by atoms with Crippen molar-refractivity contribution < 1.29 is 0 Å². The number of nitrogens with one attached hydrogen (secondary N) is 2. The molecule has 0 saturated heterocycles. The maximum Gasteiger partial charge on any atom is 0.181 e. The lowest BCUT2D eigenvalue weighted by atomic mass is 10.1. The Labute approximate surface area is 119 Å². The number of rotatable bonds is 5. The van der Waals surface area contributed by atoms with Crippen molar-refractivity contribution in [3.05, 3.63) is 24.3 Å². The first-order valence-corrected chi connectivity index (χ1v) is 6.77. The molecule has 1 aromatic carbocycles. The molecule has 0 bridgehead atoms. The SMILES string of the molecule is Cn1nnnc1-c1cccc(NCCNC(C)(C)C)c1. The molecule has 2 N–H and O–H groups in total. The van der Waals surface area contributed by atoms with Crippen LogP contribution in [0.2, 0.25) is 0 Å². The average molecular weight is 274 g/mol. The summed E-state index contributed by atoms with van der Waals surface area (Å²) in [4.78, 5) is 0.